The fourth-order valence-corrected chi connectivity index (χ4v) is 2.61. The predicted molar refractivity (Wildman–Crippen MR) is 102 cm³/mol. The lowest BCUT2D eigenvalue weighted by atomic mass is 10.1. The second kappa shape index (κ2) is 8.39. The molecule has 0 fully saturated rings. The number of carbonyl (C=O) groups excluding carboxylic acids is 2. The number of hydrogen-bond acceptors (Lipinski definition) is 3. The van der Waals surface area contributed by atoms with Gasteiger partial charge in [-0.05, 0) is 42.3 Å². The lowest BCUT2D eigenvalue weighted by Gasteiger charge is -2.10. The maximum atomic E-state index is 13.3. The Kier molecular flexibility index (Phi) is 5.74. The smallest absolute Gasteiger partial charge is 0.274 e. The van der Waals surface area contributed by atoms with E-state index in [-0.39, 0.29) is 16.9 Å². The summed E-state index contributed by atoms with van der Waals surface area (Å²) < 4.78 is 26.3. The Morgan fingerprint density at radius 1 is 0.929 bits per heavy atom. The van der Waals surface area contributed by atoms with Gasteiger partial charge in [0, 0.05) is 29.2 Å². The van der Waals surface area contributed by atoms with E-state index in [0.717, 1.165) is 24.1 Å². The molecule has 0 unspecified atom stereocenters. The lowest BCUT2D eigenvalue weighted by Crippen LogP contribution is -2.17. The molecule has 0 aliphatic heterocycles. The number of benzene rings is 2. The number of nitrogens with one attached hydrogen (secondary N) is 2. The van der Waals surface area contributed by atoms with Crippen molar-refractivity contribution in [3.05, 3.63) is 89.2 Å². The summed E-state index contributed by atoms with van der Waals surface area (Å²) in [5.41, 5.74) is 1.97. The monoisotopic (exact) mass is 381 g/mol. The molecule has 7 heteroatoms. The number of anilines is 2. The van der Waals surface area contributed by atoms with Crippen molar-refractivity contribution in [3.8, 4) is 0 Å². The SMILES string of the molecule is CCc1ccccc1NC(=O)c1cc(C(=O)Nc2ccc(F)c(F)c2)ccn1. The molecule has 0 atom stereocenters. The molecule has 1 aromatic heterocycles. The van der Waals surface area contributed by atoms with Crippen molar-refractivity contribution in [1.82, 2.24) is 4.98 Å². The van der Waals surface area contributed by atoms with Crippen LogP contribution < -0.4 is 10.6 Å². The van der Waals surface area contributed by atoms with E-state index in [1.807, 2.05) is 25.1 Å². The summed E-state index contributed by atoms with van der Waals surface area (Å²) >= 11 is 0. The van der Waals surface area contributed by atoms with Gasteiger partial charge in [-0.2, -0.15) is 0 Å². The summed E-state index contributed by atoms with van der Waals surface area (Å²) in [7, 11) is 0. The van der Waals surface area contributed by atoms with Crippen LogP contribution in [-0.2, 0) is 6.42 Å². The number of halogens is 2. The first-order valence-electron chi connectivity index (χ1n) is 8.59. The Morgan fingerprint density at radius 2 is 1.71 bits per heavy atom. The van der Waals surface area contributed by atoms with Gasteiger partial charge in [-0.25, -0.2) is 8.78 Å². The van der Waals surface area contributed by atoms with E-state index < -0.39 is 23.4 Å². The van der Waals surface area contributed by atoms with Gasteiger partial charge in [-0.15, -0.1) is 0 Å². The van der Waals surface area contributed by atoms with E-state index in [2.05, 4.69) is 15.6 Å². The number of pyridine rings is 1. The van der Waals surface area contributed by atoms with Crippen LogP contribution in [0, 0.1) is 11.6 Å². The van der Waals surface area contributed by atoms with Gasteiger partial charge in [-0.1, -0.05) is 25.1 Å². The largest absolute Gasteiger partial charge is 0.322 e. The highest BCUT2D eigenvalue weighted by Gasteiger charge is 2.14. The molecular weight excluding hydrogens is 364 g/mol. The van der Waals surface area contributed by atoms with Gasteiger partial charge in [0.05, 0.1) is 0 Å². The van der Waals surface area contributed by atoms with Crippen LogP contribution in [0.4, 0.5) is 20.2 Å². The summed E-state index contributed by atoms with van der Waals surface area (Å²) in [5, 5.41) is 5.24. The van der Waals surface area contributed by atoms with Crippen LogP contribution in [0.1, 0.15) is 33.3 Å². The van der Waals surface area contributed by atoms with Crippen LogP contribution in [-0.4, -0.2) is 16.8 Å². The van der Waals surface area contributed by atoms with Gasteiger partial charge in [0.15, 0.2) is 11.6 Å². The van der Waals surface area contributed by atoms with Crippen LogP contribution in [0.2, 0.25) is 0 Å². The van der Waals surface area contributed by atoms with E-state index in [9.17, 15) is 18.4 Å². The van der Waals surface area contributed by atoms with Crippen molar-refractivity contribution in [2.75, 3.05) is 10.6 Å². The first-order chi connectivity index (χ1) is 13.5. The molecule has 2 aromatic carbocycles. The van der Waals surface area contributed by atoms with Gasteiger partial charge in [0.25, 0.3) is 11.8 Å². The van der Waals surface area contributed by atoms with E-state index >= 15 is 0 Å². The van der Waals surface area contributed by atoms with Crippen molar-refractivity contribution in [3.63, 3.8) is 0 Å². The maximum Gasteiger partial charge on any atom is 0.274 e. The topological polar surface area (TPSA) is 71.1 Å². The van der Waals surface area contributed by atoms with Crippen LogP contribution in [0.15, 0.2) is 60.8 Å². The molecule has 28 heavy (non-hydrogen) atoms. The van der Waals surface area contributed by atoms with Crippen molar-refractivity contribution >= 4 is 23.2 Å². The molecule has 0 bridgehead atoms. The van der Waals surface area contributed by atoms with E-state index in [1.54, 1.807) is 6.07 Å². The molecule has 142 valence electrons. The molecule has 5 nitrogen and oxygen atoms in total. The molecule has 0 spiro atoms. The maximum absolute atomic E-state index is 13.3. The fraction of sp³-hybridized carbons (Fsp3) is 0.0952. The molecule has 3 aromatic rings. The number of amides is 2. The highest BCUT2D eigenvalue weighted by Crippen LogP contribution is 2.17. The molecule has 0 aliphatic carbocycles. The lowest BCUT2D eigenvalue weighted by molar-refractivity contribution is 0.102. The van der Waals surface area contributed by atoms with Crippen LogP contribution >= 0.6 is 0 Å². The third-order valence-electron chi connectivity index (χ3n) is 4.08. The molecule has 3 rings (SSSR count). The van der Waals surface area contributed by atoms with Gasteiger partial charge >= 0.3 is 0 Å². The predicted octanol–water partition coefficient (Wildman–Crippen LogP) is 4.43. The molecular formula is C21H17F2N3O2. The number of aromatic nitrogens is 1. The standard InChI is InChI=1S/C21H17F2N3O2/c1-2-13-5-3-4-6-18(13)26-21(28)19-11-14(9-10-24-19)20(27)25-15-7-8-16(22)17(23)12-15/h3-12H,2H2,1H3,(H,25,27)(H,26,28). The minimum absolute atomic E-state index is 0.0591. The van der Waals surface area contributed by atoms with Gasteiger partial charge < -0.3 is 10.6 Å². The van der Waals surface area contributed by atoms with Crippen molar-refractivity contribution in [2.24, 2.45) is 0 Å². The zero-order valence-electron chi connectivity index (χ0n) is 15.0. The highest BCUT2D eigenvalue weighted by molar-refractivity contribution is 6.08. The summed E-state index contributed by atoms with van der Waals surface area (Å²) in [6.07, 6.45) is 2.08. The summed E-state index contributed by atoms with van der Waals surface area (Å²) in [4.78, 5) is 28.9. The Hall–Kier alpha value is -3.61. The van der Waals surface area contributed by atoms with E-state index in [4.69, 9.17) is 0 Å². The molecule has 2 N–H and O–H groups in total. The molecule has 1 heterocycles. The number of rotatable bonds is 5. The molecule has 0 saturated carbocycles. The number of carbonyl (C=O) groups is 2. The molecule has 0 radical (unpaired) electrons. The highest BCUT2D eigenvalue weighted by atomic mass is 19.2. The summed E-state index contributed by atoms with van der Waals surface area (Å²) in [6.45, 7) is 1.98. The van der Waals surface area contributed by atoms with Gasteiger partial charge in [0.1, 0.15) is 5.69 Å². The average Bonchev–Trinajstić information content (AvgIpc) is 2.71. The first-order valence-corrected chi connectivity index (χ1v) is 8.59. The Bertz CT molecular complexity index is 1040. The van der Waals surface area contributed by atoms with E-state index in [0.29, 0.717) is 5.69 Å². The molecule has 2 amide bonds. The number of hydrogen-bond donors (Lipinski definition) is 2. The van der Waals surface area contributed by atoms with Gasteiger partial charge in [-0.3, -0.25) is 14.6 Å². The number of aryl methyl sites for hydroxylation is 1. The average molecular weight is 381 g/mol. The van der Waals surface area contributed by atoms with Crippen LogP contribution in [0.25, 0.3) is 0 Å². The zero-order chi connectivity index (χ0) is 20.1. The molecule has 0 saturated heterocycles. The third-order valence-corrected chi connectivity index (χ3v) is 4.08. The second-order valence-electron chi connectivity index (χ2n) is 5.98. The quantitative estimate of drug-likeness (QED) is 0.687. The Balaban J connectivity index is 1.76. The second-order valence-corrected chi connectivity index (χ2v) is 5.98. The molecule has 0 aliphatic rings. The zero-order valence-corrected chi connectivity index (χ0v) is 15.0. The summed E-state index contributed by atoms with van der Waals surface area (Å²) in [6, 6.07) is 13.2. The van der Waals surface area contributed by atoms with Crippen LogP contribution in [0.5, 0.6) is 0 Å². The van der Waals surface area contributed by atoms with Gasteiger partial charge in [0.2, 0.25) is 0 Å². The Morgan fingerprint density at radius 3 is 2.46 bits per heavy atom. The van der Waals surface area contributed by atoms with Crippen molar-refractivity contribution in [1.29, 1.82) is 0 Å². The van der Waals surface area contributed by atoms with Crippen molar-refractivity contribution < 1.29 is 18.4 Å². The summed E-state index contributed by atoms with van der Waals surface area (Å²) in [5.74, 6) is -3.10. The minimum Gasteiger partial charge on any atom is -0.322 e. The van der Waals surface area contributed by atoms with E-state index in [1.165, 1.54) is 24.4 Å². The van der Waals surface area contributed by atoms with Crippen LogP contribution in [0.3, 0.4) is 0 Å². The third kappa shape index (κ3) is 4.37. The Labute approximate surface area is 160 Å². The number of para-hydroxylation sites is 1. The fourth-order valence-electron chi connectivity index (χ4n) is 2.61. The minimum atomic E-state index is -1.07. The van der Waals surface area contributed by atoms with Crippen molar-refractivity contribution in [2.45, 2.75) is 13.3 Å². The normalized spacial score (nSPS) is 10.4. The number of nitrogens with zero attached hydrogens (tertiary/aromatic N) is 1. The first kappa shape index (κ1) is 19.2.